The van der Waals surface area contributed by atoms with Gasteiger partial charge in [0.2, 0.25) is 0 Å². The first-order chi connectivity index (χ1) is 18.6. The molecule has 1 saturated carbocycles. The van der Waals surface area contributed by atoms with Crippen LogP contribution < -0.4 is 5.43 Å². The molecule has 2 heterocycles. The highest BCUT2D eigenvalue weighted by Gasteiger charge is 2.58. The molecule has 10 heteroatoms. The van der Waals surface area contributed by atoms with E-state index in [1.165, 1.54) is 12.1 Å². The first-order valence-electron chi connectivity index (χ1n) is 13.4. The molecular weight excluding hydrogens is 510 g/mol. The highest BCUT2D eigenvalue weighted by atomic mass is 19.2. The van der Waals surface area contributed by atoms with Crippen molar-refractivity contribution in [3.05, 3.63) is 70.8 Å². The van der Waals surface area contributed by atoms with Crippen LogP contribution in [0.5, 0.6) is 0 Å². The van der Waals surface area contributed by atoms with Gasteiger partial charge in [-0.2, -0.15) is 0 Å². The van der Waals surface area contributed by atoms with Crippen LogP contribution >= 0.6 is 0 Å². The molecule has 212 valence electrons. The molecule has 2 aromatic rings. The number of amides is 1. The van der Waals surface area contributed by atoms with Crippen LogP contribution in [0.15, 0.2) is 42.5 Å². The normalized spacial score (nSPS) is 28.7. The number of carbonyl (C=O) groups excluding carboxylic acids is 1. The summed E-state index contributed by atoms with van der Waals surface area (Å²) in [5, 5.41) is 1.82. The Morgan fingerprint density at radius 3 is 2.62 bits per heavy atom. The standard InChI is InChI=1S/C29H36F2N2O6/c1-19-6-4-7-20(14-19)17-37-29(27(34)32-33-10-12-35-13-11-33)15-23(26-24(16-29)38-28(2,3)39-26)36-18-21-8-5-9-22(30)25(21)31/h4-9,14,23-24,26H,10-13,15-18H2,1-3H3,(H,32,34)/t23-,24-,26+,29-/m1/s1. The maximum Gasteiger partial charge on any atom is 0.266 e. The second-order valence-electron chi connectivity index (χ2n) is 10.9. The zero-order valence-electron chi connectivity index (χ0n) is 22.6. The second-order valence-corrected chi connectivity index (χ2v) is 10.9. The van der Waals surface area contributed by atoms with Crippen LogP contribution in [0.2, 0.25) is 0 Å². The van der Waals surface area contributed by atoms with E-state index in [0.29, 0.717) is 26.3 Å². The number of rotatable bonds is 8. The SMILES string of the molecule is Cc1cccc(CO[C@]2(C(=O)NN3CCOCC3)C[C@@H](OCc3cccc(F)c3F)[C@@H]3OC(C)(C)O[C@@H]3C2)c1. The first-order valence-corrected chi connectivity index (χ1v) is 13.4. The van der Waals surface area contributed by atoms with Gasteiger partial charge in [-0.25, -0.2) is 13.8 Å². The van der Waals surface area contributed by atoms with E-state index >= 15 is 0 Å². The lowest BCUT2D eigenvalue weighted by atomic mass is 9.78. The Labute approximate surface area is 227 Å². The highest BCUT2D eigenvalue weighted by molar-refractivity contribution is 5.85. The summed E-state index contributed by atoms with van der Waals surface area (Å²) < 4.78 is 58.7. The van der Waals surface area contributed by atoms with Gasteiger partial charge < -0.3 is 23.7 Å². The van der Waals surface area contributed by atoms with Crippen molar-refractivity contribution in [1.29, 1.82) is 0 Å². The summed E-state index contributed by atoms with van der Waals surface area (Å²) in [6.07, 6.45) is -1.31. The van der Waals surface area contributed by atoms with Crippen LogP contribution in [0.1, 0.15) is 43.4 Å². The number of carbonyl (C=O) groups is 1. The van der Waals surface area contributed by atoms with E-state index in [1.54, 1.807) is 13.8 Å². The van der Waals surface area contributed by atoms with Crippen molar-refractivity contribution >= 4 is 5.91 Å². The molecule has 39 heavy (non-hydrogen) atoms. The smallest absolute Gasteiger partial charge is 0.266 e. The van der Waals surface area contributed by atoms with Gasteiger partial charge in [-0.05, 0) is 32.4 Å². The van der Waals surface area contributed by atoms with Crippen molar-refractivity contribution in [3.8, 4) is 0 Å². The largest absolute Gasteiger partial charge is 0.379 e. The van der Waals surface area contributed by atoms with Crippen LogP contribution in [0.3, 0.4) is 0 Å². The minimum absolute atomic E-state index is 0.0827. The minimum atomic E-state index is -1.32. The number of halogens is 2. The van der Waals surface area contributed by atoms with Gasteiger partial charge in [-0.15, -0.1) is 0 Å². The fraction of sp³-hybridized carbons (Fsp3) is 0.552. The third kappa shape index (κ3) is 6.48. The Hall–Kier alpha value is -2.47. The van der Waals surface area contributed by atoms with Gasteiger partial charge in [0.05, 0.1) is 38.6 Å². The van der Waals surface area contributed by atoms with Crippen LogP contribution in [0, 0.1) is 18.6 Å². The fourth-order valence-electron chi connectivity index (χ4n) is 5.51. The van der Waals surface area contributed by atoms with Crippen LogP contribution in [0.4, 0.5) is 8.78 Å². The van der Waals surface area contributed by atoms with Crippen molar-refractivity contribution in [2.45, 2.75) is 76.5 Å². The molecule has 2 aromatic carbocycles. The van der Waals surface area contributed by atoms with Crippen LogP contribution in [-0.4, -0.2) is 66.9 Å². The Morgan fingerprint density at radius 2 is 1.85 bits per heavy atom. The fourth-order valence-corrected chi connectivity index (χ4v) is 5.51. The molecule has 3 aliphatic rings. The lowest BCUT2D eigenvalue weighted by Crippen LogP contribution is -2.63. The third-order valence-electron chi connectivity index (χ3n) is 7.42. The molecule has 1 N–H and O–H groups in total. The molecule has 5 rings (SSSR count). The molecule has 2 saturated heterocycles. The molecule has 4 atom stereocenters. The number of morpholine rings is 1. The van der Waals surface area contributed by atoms with Crippen molar-refractivity contribution in [3.63, 3.8) is 0 Å². The van der Waals surface area contributed by atoms with E-state index in [-0.39, 0.29) is 37.5 Å². The van der Waals surface area contributed by atoms with Crippen molar-refractivity contribution in [2.24, 2.45) is 0 Å². The summed E-state index contributed by atoms with van der Waals surface area (Å²) in [5.74, 6) is -3.12. The quantitative estimate of drug-likeness (QED) is 0.540. The Balaban J connectivity index is 1.42. The van der Waals surface area contributed by atoms with E-state index in [0.717, 1.165) is 17.2 Å². The van der Waals surface area contributed by atoms with Crippen LogP contribution in [0.25, 0.3) is 0 Å². The molecule has 0 spiro atoms. The summed E-state index contributed by atoms with van der Waals surface area (Å²) in [5.41, 5.74) is 3.79. The van der Waals surface area contributed by atoms with Gasteiger partial charge in [0.25, 0.3) is 5.91 Å². The Bertz CT molecular complexity index is 1170. The van der Waals surface area contributed by atoms with E-state index in [9.17, 15) is 13.6 Å². The van der Waals surface area contributed by atoms with Gasteiger partial charge in [-0.1, -0.05) is 42.0 Å². The van der Waals surface area contributed by atoms with Gasteiger partial charge in [0.1, 0.15) is 6.10 Å². The number of fused-ring (bicyclic) bond motifs is 1. The predicted octanol–water partition coefficient (Wildman–Crippen LogP) is 3.79. The molecular formula is C29H36F2N2O6. The summed E-state index contributed by atoms with van der Waals surface area (Å²) in [4.78, 5) is 14.0. The summed E-state index contributed by atoms with van der Waals surface area (Å²) in [6, 6.07) is 11.9. The Morgan fingerprint density at radius 1 is 1.08 bits per heavy atom. The summed E-state index contributed by atoms with van der Waals surface area (Å²) in [7, 11) is 0. The molecule has 1 amide bonds. The Kier molecular flexibility index (Phi) is 8.32. The van der Waals surface area contributed by atoms with Gasteiger partial charge in [0, 0.05) is 31.5 Å². The predicted molar refractivity (Wildman–Crippen MR) is 137 cm³/mol. The molecule has 1 aliphatic carbocycles. The van der Waals surface area contributed by atoms with E-state index in [1.807, 2.05) is 36.2 Å². The monoisotopic (exact) mass is 546 g/mol. The number of nitrogens with zero attached hydrogens (tertiary/aromatic N) is 1. The van der Waals surface area contributed by atoms with Gasteiger partial charge >= 0.3 is 0 Å². The average Bonchev–Trinajstić information content (AvgIpc) is 3.22. The molecule has 2 aliphatic heterocycles. The molecule has 0 bridgehead atoms. The number of nitrogens with one attached hydrogen (secondary N) is 1. The molecule has 0 aromatic heterocycles. The number of hydrazine groups is 1. The second kappa shape index (κ2) is 11.6. The van der Waals surface area contributed by atoms with Crippen molar-refractivity contribution in [2.75, 3.05) is 26.3 Å². The lowest BCUT2D eigenvalue weighted by molar-refractivity contribution is -0.187. The summed E-state index contributed by atoms with van der Waals surface area (Å²) in [6.45, 7) is 7.74. The van der Waals surface area contributed by atoms with Crippen molar-refractivity contribution in [1.82, 2.24) is 10.4 Å². The van der Waals surface area contributed by atoms with E-state index in [2.05, 4.69) is 5.43 Å². The zero-order chi connectivity index (χ0) is 27.6. The van der Waals surface area contributed by atoms with E-state index in [4.69, 9.17) is 23.7 Å². The van der Waals surface area contributed by atoms with Crippen LogP contribution in [-0.2, 0) is 41.7 Å². The number of ether oxygens (including phenoxy) is 5. The molecule has 0 unspecified atom stereocenters. The maximum absolute atomic E-state index is 14.4. The number of hydrogen-bond donors (Lipinski definition) is 1. The van der Waals surface area contributed by atoms with E-state index < -0.39 is 41.3 Å². The minimum Gasteiger partial charge on any atom is -0.379 e. The van der Waals surface area contributed by atoms with Gasteiger partial charge in [-0.3, -0.25) is 10.2 Å². The highest BCUT2D eigenvalue weighted by Crippen LogP contribution is 2.44. The number of benzene rings is 2. The molecule has 8 nitrogen and oxygen atoms in total. The third-order valence-corrected chi connectivity index (χ3v) is 7.42. The molecule has 3 fully saturated rings. The number of aryl methyl sites for hydroxylation is 1. The summed E-state index contributed by atoms with van der Waals surface area (Å²) >= 11 is 0. The zero-order valence-corrected chi connectivity index (χ0v) is 22.6. The van der Waals surface area contributed by atoms with Crippen molar-refractivity contribution < 1.29 is 37.3 Å². The topological polar surface area (TPSA) is 78.5 Å². The number of hydrogen-bond acceptors (Lipinski definition) is 7. The lowest BCUT2D eigenvalue weighted by Gasteiger charge is -2.44. The maximum atomic E-state index is 14.4. The van der Waals surface area contributed by atoms with Gasteiger partial charge in [0.15, 0.2) is 23.0 Å². The first kappa shape index (κ1) is 28.1. The average molecular weight is 547 g/mol. The molecule has 0 radical (unpaired) electrons.